The van der Waals surface area contributed by atoms with Crippen molar-refractivity contribution in [3.8, 4) is 0 Å². The summed E-state index contributed by atoms with van der Waals surface area (Å²) in [6, 6.07) is 13.0. The molecule has 0 radical (unpaired) electrons. The minimum absolute atomic E-state index is 0.172. The quantitative estimate of drug-likeness (QED) is 0.536. The monoisotopic (exact) mass is 423 g/mol. The molecule has 0 saturated heterocycles. The maximum atomic E-state index is 12.6. The van der Waals surface area contributed by atoms with E-state index < -0.39 is 0 Å². The highest BCUT2D eigenvalue weighted by Gasteiger charge is 2.20. The highest BCUT2D eigenvalue weighted by Crippen LogP contribution is 2.31. The number of aromatic nitrogens is 2. The molecule has 1 amide bonds. The van der Waals surface area contributed by atoms with E-state index in [4.69, 9.17) is 27.9 Å². The number of anilines is 1. The third kappa shape index (κ3) is 4.58. The molecule has 1 atom stereocenters. The molecule has 0 unspecified atom stereocenters. The molecular weight excluding hydrogens is 405 g/mol. The van der Waals surface area contributed by atoms with Gasteiger partial charge in [0.05, 0.1) is 38.6 Å². The van der Waals surface area contributed by atoms with Crippen LogP contribution in [-0.2, 0) is 16.1 Å². The Morgan fingerprint density at radius 2 is 2.04 bits per heavy atom. The largest absolute Gasteiger partial charge is 0.383 e. The standard InChI is InChI=1S/C19H19Cl2N3O2S/c1-12(18(25)22-15-8-5-6-13(20)17(15)21)27-19-23-14-7-3-4-9-16(14)24(19)10-11-26-2/h3-9,12H,10-11H2,1-2H3,(H,22,25)/t12-/m0/s1. The number of para-hydroxylation sites is 2. The average Bonchev–Trinajstić information content (AvgIpc) is 3.00. The molecule has 1 aromatic heterocycles. The van der Waals surface area contributed by atoms with Crippen LogP contribution < -0.4 is 5.32 Å². The maximum Gasteiger partial charge on any atom is 0.237 e. The van der Waals surface area contributed by atoms with E-state index >= 15 is 0 Å². The molecule has 2 aromatic carbocycles. The zero-order valence-corrected chi connectivity index (χ0v) is 17.2. The molecule has 27 heavy (non-hydrogen) atoms. The van der Waals surface area contributed by atoms with E-state index in [9.17, 15) is 4.79 Å². The van der Waals surface area contributed by atoms with Crippen LogP contribution in [0.2, 0.25) is 10.0 Å². The van der Waals surface area contributed by atoms with Crippen LogP contribution >= 0.6 is 35.0 Å². The minimum atomic E-state index is -0.377. The van der Waals surface area contributed by atoms with Crippen molar-refractivity contribution in [1.29, 1.82) is 0 Å². The number of nitrogens with zero attached hydrogens (tertiary/aromatic N) is 2. The van der Waals surface area contributed by atoms with E-state index in [-0.39, 0.29) is 11.2 Å². The number of methoxy groups -OCH3 is 1. The van der Waals surface area contributed by atoms with Crippen LogP contribution in [0.5, 0.6) is 0 Å². The first-order valence-corrected chi connectivity index (χ1v) is 10.0. The van der Waals surface area contributed by atoms with E-state index in [2.05, 4.69) is 14.9 Å². The fraction of sp³-hybridized carbons (Fsp3) is 0.263. The van der Waals surface area contributed by atoms with Crippen molar-refractivity contribution < 1.29 is 9.53 Å². The molecule has 0 aliphatic heterocycles. The smallest absolute Gasteiger partial charge is 0.237 e. The second-order valence-electron chi connectivity index (χ2n) is 5.88. The van der Waals surface area contributed by atoms with Gasteiger partial charge in [0.2, 0.25) is 5.91 Å². The van der Waals surface area contributed by atoms with Crippen LogP contribution in [0.25, 0.3) is 11.0 Å². The molecule has 8 heteroatoms. The zero-order valence-electron chi connectivity index (χ0n) is 14.9. The Balaban J connectivity index is 1.79. The van der Waals surface area contributed by atoms with Gasteiger partial charge in [0.15, 0.2) is 5.16 Å². The fourth-order valence-electron chi connectivity index (χ4n) is 2.59. The number of carbonyl (C=O) groups is 1. The summed E-state index contributed by atoms with van der Waals surface area (Å²) < 4.78 is 7.28. The first-order valence-electron chi connectivity index (χ1n) is 8.37. The van der Waals surface area contributed by atoms with E-state index in [1.54, 1.807) is 25.3 Å². The van der Waals surface area contributed by atoms with Gasteiger partial charge in [0.1, 0.15) is 0 Å². The van der Waals surface area contributed by atoms with Gasteiger partial charge in [0.25, 0.3) is 0 Å². The molecule has 5 nitrogen and oxygen atoms in total. The molecule has 1 heterocycles. The fourth-order valence-corrected chi connectivity index (χ4v) is 3.89. The normalized spacial score (nSPS) is 12.3. The first kappa shape index (κ1) is 20.0. The summed E-state index contributed by atoms with van der Waals surface area (Å²) in [4.78, 5) is 17.3. The second kappa shape index (κ2) is 8.97. The van der Waals surface area contributed by atoms with Crippen LogP contribution in [0, 0.1) is 0 Å². The second-order valence-corrected chi connectivity index (χ2v) is 7.97. The summed E-state index contributed by atoms with van der Waals surface area (Å²) in [5.74, 6) is -0.172. The Bertz CT molecular complexity index is 961. The molecule has 0 aliphatic rings. The highest BCUT2D eigenvalue weighted by molar-refractivity contribution is 8.00. The number of benzene rings is 2. The Hall–Kier alpha value is -1.73. The summed E-state index contributed by atoms with van der Waals surface area (Å²) in [6.45, 7) is 3.05. The third-order valence-electron chi connectivity index (χ3n) is 4.00. The number of thioether (sulfide) groups is 1. The number of carbonyl (C=O) groups excluding carboxylic acids is 1. The lowest BCUT2D eigenvalue weighted by molar-refractivity contribution is -0.115. The Morgan fingerprint density at radius 1 is 1.26 bits per heavy atom. The predicted octanol–water partition coefficient (Wildman–Crippen LogP) is 5.11. The number of hydrogen-bond acceptors (Lipinski definition) is 4. The predicted molar refractivity (Wildman–Crippen MR) is 112 cm³/mol. The Kier molecular flexibility index (Phi) is 6.65. The van der Waals surface area contributed by atoms with Crippen LogP contribution in [0.3, 0.4) is 0 Å². The topological polar surface area (TPSA) is 56.1 Å². The minimum Gasteiger partial charge on any atom is -0.383 e. The van der Waals surface area contributed by atoms with Gasteiger partial charge in [-0.25, -0.2) is 4.98 Å². The molecule has 0 fully saturated rings. The molecule has 142 valence electrons. The average molecular weight is 424 g/mol. The summed E-state index contributed by atoms with van der Waals surface area (Å²) in [5.41, 5.74) is 2.40. The van der Waals surface area contributed by atoms with Crippen molar-refractivity contribution in [3.05, 3.63) is 52.5 Å². The highest BCUT2D eigenvalue weighted by atomic mass is 35.5. The molecule has 0 bridgehead atoms. The summed E-state index contributed by atoms with van der Waals surface area (Å²) in [7, 11) is 1.66. The van der Waals surface area contributed by atoms with Gasteiger partial charge in [-0.2, -0.15) is 0 Å². The van der Waals surface area contributed by atoms with Gasteiger partial charge in [-0.1, -0.05) is 53.2 Å². The number of imidazole rings is 1. The van der Waals surface area contributed by atoms with Gasteiger partial charge >= 0.3 is 0 Å². The van der Waals surface area contributed by atoms with Gasteiger partial charge in [-0.3, -0.25) is 4.79 Å². The van der Waals surface area contributed by atoms with Gasteiger partial charge in [-0.05, 0) is 31.2 Å². The van der Waals surface area contributed by atoms with E-state index in [0.717, 1.165) is 16.2 Å². The lowest BCUT2D eigenvalue weighted by atomic mass is 10.3. The number of ether oxygens (including phenoxy) is 1. The van der Waals surface area contributed by atoms with Crippen molar-refractivity contribution in [2.24, 2.45) is 0 Å². The summed E-state index contributed by atoms with van der Waals surface area (Å²) in [6.07, 6.45) is 0. The number of amides is 1. The third-order valence-corrected chi connectivity index (χ3v) is 5.91. The number of halogens is 2. The first-order chi connectivity index (χ1) is 13.0. The van der Waals surface area contributed by atoms with Crippen LogP contribution in [0.1, 0.15) is 6.92 Å². The molecule has 3 aromatic rings. The van der Waals surface area contributed by atoms with Crippen LogP contribution in [-0.4, -0.2) is 34.4 Å². The molecule has 0 spiro atoms. The van der Waals surface area contributed by atoms with Crippen molar-refractivity contribution in [1.82, 2.24) is 9.55 Å². The van der Waals surface area contributed by atoms with Gasteiger partial charge in [0, 0.05) is 13.7 Å². The number of hydrogen-bond donors (Lipinski definition) is 1. The van der Waals surface area contributed by atoms with E-state index in [1.807, 2.05) is 31.2 Å². The Morgan fingerprint density at radius 3 is 2.81 bits per heavy atom. The van der Waals surface area contributed by atoms with Crippen LogP contribution in [0.15, 0.2) is 47.6 Å². The summed E-state index contributed by atoms with van der Waals surface area (Å²) in [5, 5.41) is 3.95. The van der Waals surface area contributed by atoms with Gasteiger partial charge < -0.3 is 14.6 Å². The molecule has 3 rings (SSSR count). The number of fused-ring (bicyclic) bond motifs is 1. The molecule has 1 N–H and O–H groups in total. The number of rotatable bonds is 7. The SMILES string of the molecule is COCCn1c(S[C@@H](C)C(=O)Nc2cccc(Cl)c2Cl)nc2ccccc21. The lowest BCUT2D eigenvalue weighted by Crippen LogP contribution is -2.23. The van der Waals surface area contributed by atoms with Crippen molar-refractivity contribution in [2.45, 2.75) is 23.9 Å². The Labute approximate surface area is 172 Å². The maximum absolute atomic E-state index is 12.6. The van der Waals surface area contributed by atoms with E-state index in [0.29, 0.717) is 28.9 Å². The van der Waals surface area contributed by atoms with Crippen molar-refractivity contribution in [3.63, 3.8) is 0 Å². The molecular formula is C19H19Cl2N3O2S. The summed E-state index contributed by atoms with van der Waals surface area (Å²) >= 11 is 13.6. The van der Waals surface area contributed by atoms with Crippen molar-refractivity contribution in [2.75, 3.05) is 19.0 Å². The van der Waals surface area contributed by atoms with E-state index in [1.165, 1.54) is 11.8 Å². The molecule has 0 aliphatic carbocycles. The molecule has 0 saturated carbocycles. The van der Waals surface area contributed by atoms with Gasteiger partial charge in [-0.15, -0.1) is 0 Å². The lowest BCUT2D eigenvalue weighted by Gasteiger charge is -2.14. The van der Waals surface area contributed by atoms with Crippen LogP contribution in [0.4, 0.5) is 5.69 Å². The zero-order chi connectivity index (χ0) is 19.4. The van der Waals surface area contributed by atoms with Crippen molar-refractivity contribution >= 4 is 57.6 Å². The number of nitrogens with one attached hydrogen (secondary N) is 1.